The van der Waals surface area contributed by atoms with E-state index >= 15 is 0 Å². The van der Waals surface area contributed by atoms with E-state index in [1.807, 2.05) is 6.07 Å². The third-order valence-electron chi connectivity index (χ3n) is 2.86. The second-order valence-electron chi connectivity index (χ2n) is 4.46. The minimum Gasteiger partial charge on any atom is -0.493 e. The van der Waals surface area contributed by atoms with Gasteiger partial charge in [-0.3, -0.25) is 9.59 Å². The summed E-state index contributed by atoms with van der Waals surface area (Å²) >= 11 is 0. The molecule has 0 fully saturated rings. The van der Waals surface area contributed by atoms with E-state index in [1.165, 1.54) is 7.11 Å². The van der Waals surface area contributed by atoms with Gasteiger partial charge in [-0.05, 0) is 12.1 Å². The molecule has 6 heteroatoms. The van der Waals surface area contributed by atoms with Crippen LogP contribution in [0.4, 0.5) is 0 Å². The summed E-state index contributed by atoms with van der Waals surface area (Å²) in [4.78, 5) is 23.4. The number of ketones is 1. The largest absolute Gasteiger partial charge is 0.493 e. The van der Waals surface area contributed by atoms with Crippen LogP contribution in [0.3, 0.4) is 0 Å². The Bertz CT molecular complexity index is 699. The van der Waals surface area contributed by atoms with Crippen molar-refractivity contribution in [3.05, 3.63) is 60.2 Å². The van der Waals surface area contributed by atoms with Crippen molar-refractivity contribution in [2.24, 2.45) is 5.10 Å². The maximum absolute atomic E-state index is 11.7. The lowest BCUT2D eigenvalue weighted by atomic mass is 10.1. The number of hydrogen-bond acceptors (Lipinski definition) is 5. The Morgan fingerprint density at radius 3 is 2.39 bits per heavy atom. The molecule has 0 aromatic heterocycles. The van der Waals surface area contributed by atoms with Gasteiger partial charge in [-0.1, -0.05) is 42.5 Å². The van der Waals surface area contributed by atoms with Crippen LogP contribution in [0.1, 0.15) is 10.4 Å². The average Bonchev–Trinajstić information content (AvgIpc) is 2.60. The van der Waals surface area contributed by atoms with E-state index in [0.29, 0.717) is 17.1 Å². The summed E-state index contributed by atoms with van der Waals surface area (Å²) < 4.78 is 10.4. The molecule has 0 saturated carbocycles. The van der Waals surface area contributed by atoms with Gasteiger partial charge in [0.2, 0.25) is 5.78 Å². The third kappa shape index (κ3) is 4.96. The lowest BCUT2D eigenvalue weighted by Gasteiger charge is -2.09. The van der Waals surface area contributed by atoms with Gasteiger partial charge in [-0.15, -0.1) is 0 Å². The molecule has 0 radical (unpaired) electrons. The molecule has 23 heavy (non-hydrogen) atoms. The molecule has 1 amide bonds. The van der Waals surface area contributed by atoms with Gasteiger partial charge in [-0.25, -0.2) is 5.43 Å². The molecule has 118 valence electrons. The van der Waals surface area contributed by atoms with Crippen LogP contribution in [-0.2, 0) is 4.79 Å². The van der Waals surface area contributed by atoms with Gasteiger partial charge in [-0.2, -0.15) is 5.10 Å². The molecule has 2 aromatic rings. The lowest BCUT2D eigenvalue weighted by molar-refractivity contribution is -0.123. The highest BCUT2D eigenvalue weighted by Crippen LogP contribution is 2.25. The molecular formula is C17H16N2O4. The predicted molar refractivity (Wildman–Crippen MR) is 85.9 cm³/mol. The van der Waals surface area contributed by atoms with Crippen LogP contribution in [0, 0.1) is 0 Å². The van der Waals surface area contributed by atoms with Crippen molar-refractivity contribution in [3.8, 4) is 11.5 Å². The van der Waals surface area contributed by atoms with Crippen LogP contribution < -0.4 is 14.9 Å². The van der Waals surface area contributed by atoms with Gasteiger partial charge in [0.25, 0.3) is 5.91 Å². The van der Waals surface area contributed by atoms with Gasteiger partial charge in [0, 0.05) is 5.56 Å². The molecular weight excluding hydrogens is 296 g/mol. The summed E-state index contributed by atoms with van der Waals surface area (Å²) in [6, 6.07) is 15.6. The molecule has 0 unspecified atom stereocenters. The van der Waals surface area contributed by atoms with Crippen LogP contribution >= 0.6 is 0 Å². The highest BCUT2D eigenvalue weighted by atomic mass is 16.5. The normalized spacial score (nSPS) is 10.3. The number of hydrogen-bond donors (Lipinski definition) is 1. The van der Waals surface area contributed by atoms with Crippen LogP contribution in [0.5, 0.6) is 11.5 Å². The van der Waals surface area contributed by atoms with Gasteiger partial charge in [0.1, 0.15) is 0 Å². The number of nitrogens with one attached hydrogen (secondary N) is 1. The monoisotopic (exact) mass is 312 g/mol. The van der Waals surface area contributed by atoms with E-state index < -0.39 is 5.91 Å². The number of ether oxygens (including phenoxy) is 2. The summed E-state index contributed by atoms with van der Waals surface area (Å²) in [6.07, 6.45) is 1.05. The number of hydrazone groups is 1. The molecule has 6 nitrogen and oxygen atoms in total. The molecule has 0 aliphatic rings. The van der Waals surface area contributed by atoms with E-state index in [9.17, 15) is 9.59 Å². The zero-order valence-corrected chi connectivity index (χ0v) is 12.6. The average molecular weight is 312 g/mol. The second kappa shape index (κ2) is 8.33. The molecule has 0 atom stereocenters. The summed E-state index contributed by atoms with van der Waals surface area (Å²) in [7, 11) is 1.52. The number of para-hydroxylation sites is 2. The number of amides is 1. The van der Waals surface area contributed by atoms with Crippen LogP contribution in [0.15, 0.2) is 59.7 Å². The Morgan fingerprint density at radius 2 is 1.70 bits per heavy atom. The third-order valence-corrected chi connectivity index (χ3v) is 2.86. The summed E-state index contributed by atoms with van der Waals surface area (Å²) in [6.45, 7) is -0.239. The van der Waals surface area contributed by atoms with E-state index in [0.717, 1.165) is 6.21 Å². The first kappa shape index (κ1) is 16.2. The van der Waals surface area contributed by atoms with Gasteiger partial charge >= 0.3 is 0 Å². The highest BCUT2D eigenvalue weighted by Gasteiger charge is 2.06. The highest BCUT2D eigenvalue weighted by molar-refractivity contribution is 6.35. The second-order valence-corrected chi connectivity index (χ2v) is 4.46. The number of carbonyl (C=O) groups excluding carboxylic acids is 2. The predicted octanol–water partition coefficient (Wildman–Crippen LogP) is 2.06. The van der Waals surface area contributed by atoms with Gasteiger partial charge < -0.3 is 9.47 Å². The van der Waals surface area contributed by atoms with Gasteiger partial charge in [0.05, 0.1) is 13.3 Å². The van der Waals surface area contributed by atoms with Crippen molar-refractivity contribution in [2.45, 2.75) is 0 Å². The van der Waals surface area contributed by atoms with Gasteiger partial charge in [0.15, 0.2) is 18.1 Å². The van der Waals surface area contributed by atoms with Crippen LogP contribution in [-0.4, -0.2) is 31.6 Å². The van der Waals surface area contributed by atoms with Crippen molar-refractivity contribution in [1.29, 1.82) is 0 Å². The number of Topliss-reactive ketones (excluding diaryl/α,β-unsaturated/α-hetero) is 1. The number of benzene rings is 2. The summed E-state index contributed by atoms with van der Waals surface area (Å²) in [5.74, 6) is 0.210. The summed E-state index contributed by atoms with van der Waals surface area (Å²) in [5, 5.41) is 3.62. The number of carbonyl (C=O) groups is 2. The van der Waals surface area contributed by atoms with E-state index in [2.05, 4.69) is 10.5 Å². The Labute approximate surface area is 133 Å². The van der Waals surface area contributed by atoms with Crippen LogP contribution in [0.2, 0.25) is 0 Å². The van der Waals surface area contributed by atoms with Crippen molar-refractivity contribution >= 4 is 17.9 Å². The number of methoxy groups -OCH3 is 1. The SMILES string of the molecule is COc1ccccc1OCC(=O)NN=CC(=O)c1ccccc1. The molecule has 2 aromatic carbocycles. The van der Waals surface area contributed by atoms with Crippen LogP contribution in [0.25, 0.3) is 0 Å². The van der Waals surface area contributed by atoms with Crippen molar-refractivity contribution in [1.82, 2.24) is 5.43 Å². The molecule has 0 spiro atoms. The van der Waals surface area contributed by atoms with E-state index in [-0.39, 0.29) is 12.4 Å². The standard InChI is InChI=1S/C17H16N2O4/c1-22-15-9-5-6-10-16(15)23-12-17(21)19-18-11-14(20)13-7-3-2-4-8-13/h2-11H,12H2,1H3,(H,19,21). The van der Waals surface area contributed by atoms with E-state index in [1.54, 1.807) is 48.5 Å². The zero-order chi connectivity index (χ0) is 16.5. The molecule has 0 aliphatic heterocycles. The quantitative estimate of drug-likeness (QED) is 0.482. The van der Waals surface area contributed by atoms with Crippen molar-refractivity contribution < 1.29 is 19.1 Å². The maximum Gasteiger partial charge on any atom is 0.277 e. The van der Waals surface area contributed by atoms with Crippen molar-refractivity contribution in [2.75, 3.05) is 13.7 Å². The first-order valence-electron chi connectivity index (χ1n) is 6.88. The van der Waals surface area contributed by atoms with E-state index in [4.69, 9.17) is 9.47 Å². The minimum atomic E-state index is -0.479. The fourth-order valence-corrected chi connectivity index (χ4v) is 1.75. The molecule has 0 saturated heterocycles. The van der Waals surface area contributed by atoms with Crippen molar-refractivity contribution in [3.63, 3.8) is 0 Å². The Kier molecular flexibility index (Phi) is 5.88. The molecule has 0 heterocycles. The Balaban J connectivity index is 1.81. The molecule has 2 rings (SSSR count). The first-order chi connectivity index (χ1) is 11.2. The lowest BCUT2D eigenvalue weighted by Crippen LogP contribution is -2.25. The first-order valence-corrected chi connectivity index (χ1v) is 6.88. The minimum absolute atomic E-state index is 0.239. The zero-order valence-electron chi connectivity index (χ0n) is 12.6. The fraction of sp³-hybridized carbons (Fsp3) is 0.118. The Morgan fingerprint density at radius 1 is 1.04 bits per heavy atom. The summed E-state index contributed by atoms with van der Waals surface area (Å²) in [5.41, 5.74) is 2.73. The Hall–Kier alpha value is -3.15. The number of rotatable bonds is 7. The fourth-order valence-electron chi connectivity index (χ4n) is 1.75. The smallest absolute Gasteiger partial charge is 0.277 e. The number of nitrogens with zero attached hydrogens (tertiary/aromatic N) is 1. The molecule has 0 aliphatic carbocycles. The maximum atomic E-state index is 11.7. The topological polar surface area (TPSA) is 77.0 Å². The molecule has 0 bridgehead atoms. The molecule has 1 N–H and O–H groups in total.